The molecule has 0 fully saturated rings. The first kappa shape index (κ1) is 5.65. The summed E-state index contributed by atoms with van der Waals surface area (Å²) < 4.78 is 1.94. The van der Waals surface area contributed by atoms with Gasteiger partial charge < -0.3 is 0 Å². The zero-order valence-electron chi connectivity index (χ0n) is 5.91. The zero-order valence-corrected chi connectivity index (χ0v) is 5.91. The Labute approximate surface area is 59.4 Å². The minimum Gasteiger partial charge on any atom is -0.246 e. The number of hydrogen-bond acceptors (Lipinski definition) is 2. The van der Waals surface area contributed by atoms with Crippen LogP contribution in [-0.2, 0) is 13.0 Å². The van der Waals surface area contributed by atoms with E-state index in [0.29, 0.717) is 0 Å². The quantitative estimate of drug-likeness (QED) is 0.490. The largest absolute Gasteiger partial charge is 0.246 e. The summed E-state index contributed by atoms with van der Waals surface area (Å²) in [6, 6.07) is 0. The molecule has 3 heteroatoms. The van der Waals surface area contributed by atoms with Crippen molar-refractivity contribution in [3.05, 3.63) is 23.8 Å². The van der Waals surface area contributed by atoms with Crippen molar-refractivity contribution in [2.45, 2.75) is 19.9 Å². The van der Waals surface area contributed by atoms with E-state index in [2.05, 4.69) is 22.2 Å². The van der Waals surface area contributed by atoms with Gasteiger partial charge in [0.25, 0.3) is 0 Å². The molecule has 1 aromatic rings. The maximum absolute atomic E-state index is 4.25. The van der Waals surface area contributed by atoms with E-state index in [4.69, 9.17) is 0 Å². The second-order valence-electron chi connectivity index (χ2n) is 2.43. The highest BCUT2D eigenvalue weighted by molar-refractivity contribution is 5.04. The molecule has 1 aliphatic heterocycles. The van der Waals surface area contributed by atoms with Gasteiger partial charge in [-0.3, -0.25) is 0 Å². The Morgan fingerprint density at radius 2 is 2.40 bits per heavy atom. The van der Waals surface area contributed by atoms with Gasteiger partial charge in [0.05, 0.1) is 6.54 Å². The van der Waals surface area contributed by atoms with Gasteiger partial charge in [-0.2, -0.15) is 5.10 Å². The molecule has 0 bridgehead atoms. The molecule has 0 unspecified atom stereocenters. The van der Waals surface area contributed by atoms with Gasteiger partial charge >= 0.3 is 0 Å². The van der Waals surface area contributed by atoms with Crippen LogP contribution in [0, 0.1) is 6.92 Å². The van der Waals surface area contributed by atoms with Gasteiger partial charge in [-0.05, 0) is 6.92 Å². The SMILES string of the molecule is Cc1nc2n(n1)CC=CC2. The van der Waals surface area contributed by atoms with Crippen LogP contribution in [0.2, 0.25) is 0 Å². The van der Waals surface area contributed by atoms with Crippen molar-refractivity contribution in [1.82, 2.24) is 14.8 Å². The van der Waals surface area contributed by atoms with Crippen LogP contribution >= 0.6 is 0 Å². The summed E-state index contributed by atoms with van der Waals surface area (Å²) in [4.78, 5) is 4.25. The molecule has 3 nitrogen and oxygen atoms in total. The molecule has 0 atom stereocenters. The van der Waals surface area contributed by atoms with E-state index in [0.717, 1.165) is 24.6 Å². The Bertz CT molecular complexity index is 247. The van der Waals surface area contributed by atoms with E-state index in [-0.39, 0.29) is 0 Å². The summed E-state index contributed by atoms with van der Waals surface area (Å²) in [6.07, 6.45) is 5.17. The molecule has 0 saturated carbocycles. The lowest BCUT2D eigenvalue weighted by atomic mass is 10.3. The van der Waals surface area contributed by atoms with E-state index < -0.39 is 0 Å². The number of rotatable bonds is 0. The first-order valence-electron chi connectivity index (χ1n) is 3.41. The predicted molar refractivity (Wildman–Crippen MR) is 37.6 cm³/mol. The summed E-state index contributed by atoms with van der Waals surface area (Å²) in [5, 5.41) is 4.21. The second kappa shape index (κ2) is 1.94. The molecule has 2 heterocycles. The van der Waals surface area contributed by atoms with E-state index in [1.54, 1.807) is 0 Å². The topological polar surface area (TPSA) is 30.7 Å². The number of hydrogen-bond donors (Lipinski definition) is 0. The van der Waals surface area contributed by atoms with Gasteiger partial charge in [0.15, 0.2) is 0 Å². The number of fused-ring (bicyclic) bond motifs is 1. The molecule has 52 valence electrons. The van der Waals surface area contributed by atoms with Crippen molar-refractivity contribution < 1.29 is 0 Å². The Hall–Kier alpha value is -1.12. The van der Waals surface area contributed by atoms with Crippen molar-refractivity contribution in [3.8, 4) is 0 Å². The van der Waals surface area contributed by atoms with E-state index >= 15 is 0 Å². The molecule has 1 aromatic heterocycles. The maximum Gasteiger partial charge on any atom is 0.147 e. The van der Waals surface area contributed by atoms with Crippen molar-refractivity contribution in [2.75, 3.05) is 0 Å². The molecular weight excluding hydrogens is 126 g/mol. The summed E-state index contributed by atoms with van der Waals surface area (Å²) in [5.41, 5.74) is 0. The van der Waals surface area contributed by atoms with Crippen LogP contribution in [0.1, 0.15) is 11.6 Å². The smallest absolute Gasteiger partial charge is 0.147 e. The third kappa shape index (κ3) is 0.744. The molecule has 0 N–H and O–H groups in total. The molecule has 0 aromatic carbocycles. The number of aromatic nitrogens is 3. The monoisotopic (exact) mass is 135 g/mol. The van der Waals surface area contributed by atoms with Crippen LogP contribution in [0.5, 0.6) is 0 Å². The van der Waals surface area contributed by atoms with Crippen LogP contribution in [0.4, 0.5) is 0 Å². The van der Waals surface area contributed by atoms with Gasteiger partial charge in [-0.15, -0.1) is 0 Å². The van der Waals surface area contributed by atoms with Crippen molar-refractivity contribution in [2.24, 2.45) is 0 Å². The van der Waals surface area contributed by atoms with Crippen molar-refractivity contribution in [3.63, 3.8) is 0 Å². The second-order valence-corrected chi connectivity index (χ2v) is 2.43. The normalized spacial score (nSPS) is 15.3. The minimum absolute atomic E-state index is 0.874. The standard InChI is InChI=1S/C7H9N3/c1-6-8-7-4-2-3-5-10(7)9-6/h2-3H,4-5H2,1H3. The molecule has 0 spiro atoms. The molecule has 10 heavy (non-hydrogen) atoms. The summed E-state index contributed by atoms with van der Waals surface area (Å²) >= 11 is 0. The van der Waals surface area contributed by atoms with E-state index in [1.165, 1.54) is 0 Å². The molecule has 0 saturated heterocycles. The van der Waals surface area contributed by atoms with Crippen molar-refractivity contribution >= 4 is 0 Å². The Morgan fingerprint density at radius 1 is 1.50 bits per heavy atom. The molecule has 1 aliphatic rings. The predicted octanol–water partition coefficient (Wildman–Crippen LogP) is 0.699. The third-order valence-electron chi connectivity index (χ3n) is 1.60. The first-order chi connectivity index (χ1) is 4.86. The van der Waals surface area contributed by atoms with Gasteiger partial charge in [0, 0.05) is 6.42 Å². The molecule has 0 amide bonds. The number of aryl methyl sites for hydroxylation is 1. The lowest BCUT2D eigenvalue weighted by Gasteiger charge is -2.03. The Kier molecular flexibility index (Phi) is 1.09. The highest BCUT2D eigenvalue weighted by atomic mass is 15.3. The van der Waals surface area contributed by atoms with Crippen LogP contribution in [0.3, 0.4) is 0 Å². The van der Waals surface area contributed by atoms with Gasteiger partial charge in [0.1, 0.15) is 11.6 Å². The van der Waals surface area contributed by atoms with Gasteiger partial charge in [-0.1, -0.05) is 12.2 Å². The maximum atomic E-state index is 4.25. The van der Waals surface area contributed by atoms with Gasteiger partial charge in [-0.25, -0.2) is 9.67 Å². The van der Waals surface area contributed by atoms with Crippen LogP contribution < -0.4 is 0 Å². The molecular formula is C7H9N3. The highest BCUT2D eigenvalue weighted by Gasteiger charge is 2.06. The molecule has 0 aliphatic carbocycles. The minimum atomic E-state index is 0.874. The van der Waals surface area contributed by atoms with E-state index in [9.17, 15) is 0 Å². The fraction of sp³-hybridized carbons (Fsp3) is 0.429. The summed E-state index contributed by atoms with van der Waals surface area (Å²) in [5.74, 6) is 1.96. The van der Waals surface area contributed by atoms with E-state index in [1.807, 2.05) is 11.6 Å². The van der Waals surface area contributed by atoms with Crippen molar-refractivity contribution in [1.29, 1.82) is 0 Å². The Balaban J connectivity index is 2.46. The average molecular weight is 135 g/mol. The lowest BCUT2D eigenvalue weighted by molar-refractivity contribution is 0.642. The molecule has 2 rings (SSSR count). The fourth-order valence-corrected chi connectivity index (χ4v) is 1.16. The van der Waals surface area contributed by atoms with Crippen LogP contribution in [0.25, 0.3) is 0 Å². The zero-order chi connectivity index (χ0) is 6.97. The number of nitrogens with zero attached hydrogens (tertiary/aromatic N) is 3. The first-order valence-corrected chi connectivity index (χ1v) is 3.41. The Morgan fingerprint density at radius 3 is 3.20 bits per heavy atom. The third-order valence-corrected chi connectivity index (χ3v) is 1.60. The summed E-state index contributed by atoms with van der Waals surface area (Å²) in [6.45, 7) is 2.81. The number of allylic oxidation sites excluding steroid dienone is 2. The lowest BCUT2D eigenvalue weighted by Crippen LogP contribution is -2.07. The average Bonchev–Trinajstić information content (AvgIpc) is 2.27. The van der Waals surface area contributed by atoms with Gasteiger partial charge in [0.2, 0.25) is 0 Å². The molecule has 0 radical (unpaired) electrons. The van der Waals surface area contributed by atoms with Crippen LogP contribution in [-0.4, -0.2) is 14.8 Å². The fourth-order valence-electron chi connectivity index (χ4n) is 1.16. The van der Waals surface area contributed by atoms with Crippen LogP contribution in [0.15, 0.2) is 12.2 Å². The summed E-state index contributed by atoms with van der Waals surface area (Å²) in [7, 11) is 0. The highest BCUT2D eigenvalue weighted by Crippen LogP contribution is 2.04.